The minimum Gasteiger partial charge on any atom is -0.476 e. The third kappa shape index (κ3) is 2.92. The molecule has 5 nitrogen and oxygen atoms in total. The Labute approximate surface area is 109 Å². The van der Waals surface area contributed by atoms with Crippen LogP contribution in [0.1, 0.15) is 21.7 Å². The van der Waals surface area contributed by atoms with Crippen molar-refractivity contribution in [2.75, 3.05) is 0 Å². The van der Waals surface area contributed by atoms with Gasteiger partial charge in [-0.2, -0.15) is 24.5 Å². The van der Waals surface area contributed by atoms with Crippen LogP contribution in [-0.2, 0) is 19.1 Å². The lowest BCUT2D eigenvalue weighted by Crippen LogP contribution is -2.19. The molecule has 9 heteroatoms. The zero-order chi connectivity index (χ0) is 14.0. The van der Waals surface area contributed by atoms with Crippen molar-refractivity contribution >= 4 is 17.3 Å². The molecular weight excluding hydrogens is 283 g/mol. The number of rotatable bonds is 4. The topological polar surface area (TPSA) is 68.0 Å². The highest BCUT2D eigenvalue weighted by Crippen LogP contribution is 2.31. The van der Waals surface area contributed by atoms with Gasteiger partial charge in [0.15, 0.2) is 5.69 Å². The number of nitrogens with zero attached hydrogens (tertiary/aromatic N) is 3. The van der Waals surface area contributed by atoms with Gasteiger partial charge in [-0.25, -0.2) is 9.48 Å². The molecule has 2 aromatic rings. The van der Waals surface area contributed by atoms with E-state index in [9.17, 15) is 18.0 Å². The summed E-state index contributed by atoms with van der Waals surface area (Å²) in [6, 6.07) is 1.78. The summed E-state index contributed by atoms with van der Waals surface area (Å²) in [5.74, 6) is -1.74. The molecule has 0 amide bonds. The van der Waals surface area contributed by atoms with Crippen LogP contribution < -0.4 is 0 Å². The molecule has 0 spiro atoms. The Hall–Kier alpha value is -1.90. The van der Waals surface area contributed by atoms with E-state index in [0.717, 1.165) is 5.56 Å². The highest BCUT2D eigenvalue weighted by molar-refractivity contribution is 7.07. The summed E-state index contributed by atoms with van der Waals surface area (Å²) >= 11 is 1.43. The second-order valence-corrected chi connectivity index (χ2v) is 4.47. The van der Waals surface area contributed by atoms with E-state index < -0.39 is 23.5 Å². The van der Waals surface area contributed by atoms with Crippen LogP contribution in [0, 0.1) is 0 Å². The molecule has 0 bridgehead atoms. The van der Waals surface area contributed by atoms with Gasteiger partial charge in [0.05, 0.1) is 0 Å². The summed E-state index contributed by atoms with van der Waals surface area (Å²) in [6.45, 7) is -0.0775. The van der Waals surface area contributed by atoms with Crippen molar-refractivity contribution in [1.29, 1.82) is 0 Å². The molecule has 0 aliphatic heterocycles. The van der Waals surface area contributed by atoms with Crippen LogP contribution in [0.15, 0.2) is 16.8 Å². The van der Waals surface area contributed by atoms with Gasteiger partial charge in [0.25, 0.3) is 0 Å². The molecule has 0 unspecified atom stereocenters. The van der Waals surface area contributed by atoms with Gasteiger partial charge in [0, 0.05) is 6.54 Å². The number of carboxylic acids is 1. The molecule has 0 fully saturated rings. The summed E-state index contributed by atoms with van der Waals surface area (Å²) in [5, 5.41) is 18.6. The molecule has 2 heterocycles. The van der Waals surface area contributed by atoms with Crippen LogP contribution in [0.2, 0.25) is 0 Å². The molecule has 1 N–H and O–H groups in total. The monoisotopic (exact) mass is 291 g/mol. The van der Waals surface area contributed by atoms with Gasteiger partial charge in [-0.3, -0.25) is 0 Å². The third-order valence-corrected chi connectivity index (χ3v) is 3.13. The van der Waals surface area contributed by atoms with Crippen LogP contribution in [0.25, 0.3) is 0 Å². The first-order valence-electron chi connectivity index (χ1n) is 5.14. The maximum Gasteiger partial charge on any atom is 0.435 e. The Morgan fingerprint density at radius 2 is 2.21 bits per heavy atom. The average Bonchev–Trinajstić information content (AvgIpc) is 2.94. The predicted molar refractivity (Wildman–Crippen MR) is 60.0 cm³/mol. The lowest BCUT2D eigenvalue weighted by Gasteiger charge is -2.09. The lowest BCUT2D eigenvalue weighted by molar-refractivity contribution is -0.144. The van der Waals surface area contributed by atoms with Crippen molar-refractivity contribution in [1.82, 2.24) is 15.0 Å². The van der Waals surface area contributed by atoms with E-state index in [1.54, 1.807) is 6.07 Å². The molecule has 2 rings (SSSR count). The molecule has 0 radical (unpaired) electrons. The SMILES string of the molecule is O=C(O)c1nnn(CCc2ccsc2)c1C(F)(F)F. The van der Waals surface area contributed by atoms with E-state index in [1.165, 1.54) is 11.3 Å². The Kier molecular flexibility index (Phi) is 3.56. The second-order valence-electron chi connectivity index (χ2n) is 3.69. The number of hydrogen-bond donors (Lipinski definition) is 1. The zero-order valence-corrected chi connectivity index (χ0v) is 10.2. The quantitative estimate of drug-likeness (QED) is 0.938. The van der Waals surface area contributed by atoms with Gasteiger partial charge in [-0.05, 0) is 28.8 Å². The van der Waals surface area contributed by atoms with Gasteiger partial charge < -0.3 is 5.11 Å². The maximum absolute atomic E-state index is 12.8. The highest BCUT2D eigenvalue weighted by Gasteiger charge is 2.41. The van der Waals surface area contributed by atoms with Crippen molar-refractivity contribution in [3.63, 3.8) is 0 Å². The Morgan fingerprint density at radius 3 is 2.74 bits per heavy atom. The largest absolute Gasteiger partial charge is 0.476 e. The molecule has 0 saturated heterocycles. The standard InChI is InChI=1S/C10H8F3N3O2S/c11-10(12,13)8-7(9(17)18)14-15-16(8)3-1-6-2-4-19-5-6/h2,4-5H,1,3H2,(H,17,18). The van der Waals surface area contributed by atoms with Gasteiger partial charge >= 0.3 is 12.1 Å². The van der Waals surface area contributed by atoms with Gasteiger partial charge in [0.2, 0.25) is 5.69 Å². The molecule has 102 valence electrons. The van der Waals surface area contributed by atoms with Crippen LogP contribution in [0.5, 0.6) is 0 Å². The summed E-state index contributed by atoms with van der Waals surface area (Å²) in [5.41, 5.74) is -1.53. The number of hydrogen-bond acceptors (Lipinski definition) is 4. The van der Waals surface area contributed by atoms with E-state index in [0.29, 0.717) is 11.1 Å². The van der Waals surface area contributed by atoms with Crippen LogP contribution >= 0.6 is 11.3 Å². The van der Waals surface area contributed by atoms with E-state index in [1.807, 2.05) is 10.8 Å². The minimum atomic E-state index is -4.80. The van der Waals surface area contributed by atoms with Crippen LogP contribution in [0.3, 0.4) is 0 Å². The van der Waals surface area contributed by atoms with E-state index in [4.69, 9.17) is 5.11 Å². The molecule has 0 aliphatic rings. The average molecular weight is 291 g/mol. The molecule has 0 aliphatic carbocycles. The molecule has 19 heavy (non-hydrogen) atoms. The fourth-order valence-electron chi connectivity index (χ4n) is 1.56. The summed E-state index contributed by atoms with van der Waals surface area (Å²) in [7, 11) is 0. The molecular formula is C10H8F3N3O2S. The number of aromatic carboxylic acids is 1. The number of aryl methyl sites for hydroxylation is 2. The van der Waals surface area contributed by atoms with Crippen LogP contribution in [-0.4, -0.2) is 26.1 Å². The van der Waals surface area contributed by atoms with Gasteiger partial charge in [0.1, 0.15) is 0 Å². The highest BCUT2D eigenvalue weighted by atomic mass is 32.1. The number of halogens is 3. The Bertz CT molecular complexity index is 577. The fourth-order valence-corrected chi connectivity index (χ4v) is 2.27. The van der Waals surface area contributed by atoms with Crippen molar-refractivity contribution in [3.05, 3.63) is 33.8 Å². The minimum absolute atomic E-state index is 0.0775. The molecule has 2 aromatic heterocycles. The predicted octanol–water partition coefficient (Wildman–Crippen LogP) is 2.30. The lowest BCUT2D eigenvalue weighted by atomic mass is 10.2. The first-order valence-corrected chi connectivity index (χ1v) is 6.09. The number of thiophene rings is 1. The maximum atomic E-state index is 12.8. The number of carboxylic acid groups (broad SMARTS) is 1. The number of carbonyl (C=O) groups is 1. The summed E-state index contributed by atoms with van der Waals surface area (Å²) in [4.78, 5) is 10.7. The zero-order valence-electron chi connectivity index (χ0n) is 9.39. The summed E-state index contributed by atoms with van der Waals surface area (Å²) in [6.07, 6.45) is -4.47. The number of alkyl halides is 3. The first-order chi connectivity index (χ1) is 8.89. The van der Waals surface area contributed by atoms with Crippen molar-refractivity contribution in [2.24, 2.45) is 0 Å². The smallest absolute Gasteiger partial charge is 0.435 e. The molecule has 0 atom stereocenters. The first kappa shape index (κ1) is 13.5. The van der Waals surface area contributed by atoms with E-state index >= 15 is 0 Å². The molecule has 0 aromatic carbocycles. The summed E-state index contributed by atoms with van der Waals surface area (Å²) < 4.78 is 39.0. The molecule has 0 saturated carbocycles. The second kappa shape index (κ2) is 5.00. The van der Waals surface area contributed by atoms with Crippen molar-refractivity contribution in [2.45, 2.75) is 19.1 Å². The van der Waals surface area contributed by atoms with Crippen molar-refractivity contribution < 1.29 is 23.1 Å². The Balaban J connectivity index is 2.27. The third-order valence-electron chi connectivity index (χ3n) is 2.40. The Morgan fingerprint density at radius 1 is 1.47 bits per heavy atom. The van der Waals surface area contributed by atoms with E-state index in [2.05, 4.69) is 10.3 Å². The van der Waals surface area contributed by atoms with Crippen LogP contribution in [0.4, 0.5) is 13.2 Å². The van der Waals surface area contributed by atoms with E-state index in [-0.39, 0.29) is 6.54 Å². The normalized spacial score (nSPS) is 11.7. The van der Waals surface area contributed by atoms with Gasteiger partial charge in [-0.15, -0.1) is 5.10 Å². The fraction of sp³-hybridized carbons (Fsp3) is 0.300. The van der Waals surface area contributed by atoms with Crippen molar-refractivity contribution in [3.8, 4) is 0 Å². The van der Waals surface area contributed by atoms with Gasteiger partial charge in [-0.1, -0.05) is 5.21 Å². The number of aromatic nitrogens is 3.